The Kier molecular flexibility index (Phi) is 4.94. The molecular weight excluding hydrogens is 276 g/mol. The van der Waals surface area contributed by atoms with Gasteiger partial charge in [-0.2, -0.15) is 0 Å². The van der Waals surface area contributed by atoms with Crippen LogP contribution in [0.15, 0.2) is 66.9 Å². The summed E-state index contributed by atoms with van der Waals surface area (Å²) < 4.78 is 0. The van der Waals surface area contributed by atoms with E-state index in [1.807, 2.05) is 31.2 Å². The maximum atomic E-state index is 12.4. The summed E-state index contributed by atoms with van der Waals surface area (Å²) >= 11 is 0. The average Bonchev–Trinajstić information content (AvgIpc) is 3.34. The second-order valence-electron chi connectivity index (χ2n) is 5.21. The molecule has 1 aliphatic rings. The Labute approximate surface area is 130 Å². The lowest BCUT2D eigenvalue weighted by Gasteiger charge is -2.15. The number of carbonyl (C=O) groups is 2. The van der Waals surface area contributed by atoms with Crippen molar-refractivity contribution in [2.45, 2.75) is 19.8 Å². The molecule has 0 unspecified atom stereocenters. The van der Waals surface area contributed by atoms with Gasteiger partial charge in [0.25, 0.3) is 0 Å². The Morgan fingerprint density at radius 1 is 1.18 bits per heavy atom. The number of rotatable bonds is 6. The number of hydrogen-bond donors (Lipinski definition) is 2. The van der Waals surface area contributed by atoms with Crippen molar-refractivity contribution in [1.29, 1.82) is 0 Å². The highest BCUT2D eigenvalue weighted by Crippen LogP contribution is 2.47. The molecule has 114 valence electrons. The Bertz CT molecular complexity index is 626. The molecule has 2 N–H and O–H groups in total. The minimum Gasteiger partial charge on any atom is -0.325 e. The van der Waals surface area contributed by atoms with Crippen LogP contribution < -0.4 is 10.6 Å². The molecule has 0 radical (unpaired) electrons. The quantitative estimate of drug-likeness (QED) is 0.626. The fraction of sp³-hybridized carbons (Fsp3) is 0.222. The zero-order chi connectivity index (χ0) is 16.0. The van der Waals surface area contributed by atoms with Crippen LogP contribution in [0.2, 0.25) is 0 Å². The highest BCUT2D eigenvalue weighted by atomic mass is 16.2. The Balaban J connectivity index is 2.05. The van der Waals surface area contributed by atoms with Gasteiger partial charge in [-0.25, -0.2) is 0 Å². The van der Waals surface area contributed by atoms with Gasteiger partial charge in [-0.05, 0) is 44.1 Å². The summed E-state index contributed by atoms with van der Waals surface area (Å²) in [7, 11) is 0. The normalized spacial score (nSPS) is 16.1. The van der Waals surface area contributed by atoms with Gasteiger partial charge in [-0.3, -0.25) is 9.59 Å². The van der Waals surface area contributed by atoms with Gasteiger partial charge in [0, 0.05) is 11.4 Å². The molecule has 1 aliphatic carbocycles. The highest BCUT2D eigenvalue weighted by molar-refractivity contribution is 6.13. The predicted molar refractivity (Wildman–Crippen MR) is 88.0 cm³/mol. The van der Waals surface area contributed by atoms with Gasteiger partial charge >= 0.3 is 0 Å². The maximum absolute atomic E-state index is 12.4. The van der Waals surface area contributed by atoms with Crippen molar-refractivity contribution in [3.05, 3.63) is 66.9 Å². The molecule has 1 aromatic carbocycles. The summed E-state index contributed by atoms with van der Waals surface area (Å²) in [5.74, 6) is -0.540. The molecule has 2 rings (SSSR count). The fourth-order valence-electron chi connectivity index (χ4n) is 2.07. The molecule has 1 fully saturated rings. The van der Waals surface area contributed by atoms with Crippen molar-refractivity contribution in [1.82, 2.24) is 5.32 Å². The smallest absolute Gasteiger partial charge is 0.240 e. The van der Waals surface area contributed by atoms with Gasteiger partial charge in [-0.15, -0.1) is 0 Å². The second-order valence-corrected chi connectivity index (χ2v) is 5.21. The van der Waals surface area contributed by atoms with Crippen LogP contribution in [0.25, 0.3) is 0 Å². The van der Waals surface area contributed by atoms with Gasteiger partial charge in [-0.1, -0.05) is 36.9 Å². The van der Waals surface area contributed by atoms with E-state index in [-0.39, 0.29) is 11.8 Å². The standard InChI is InChI=1S/C18H20N2O2/c1-3-5-9-14(4-2)19-16(21)18(12-13-18)17(22)20-15-10-7-6-8-11-15/h3-11H,2,12-13H2,1H3,(H,19,21)(H,20,22)/b5-3-,14-9+. The summed E-state index contributed by atoms with van der Waals surface area (Å²) in [4.78, 5) is 24.8. The summed E-state index contributed by atoms with van der Waals surface area (Å²) in [5, 5.41) is 5.56. The molecule has 4 nitrogen and oxygen atoms in total. The highest BCUT2D eigenvalue weighted by Gasteiger charge is 2.56. The number of para-hydroxylation sites is 1. The van der Waals surface area contributed by atoms with Crippen molar-refractivity contribution in [3.8, 4) is 0 Å². The summed E-state index contributed by atoms with van der Waals surface area (Å²) in [6.07, 6.45) is 8.09. The van der Waals surface area contributed by atoms with Crippen LogP contribution in [0.5, 0.6) is 0 Å². The molecule has 1 saturated carbocycles. The van der Waals surface area contributed by atoms with Crippen molar-refractivity contribution in [2.24, 2.45) is 5.41 Å². The molecule has 2 amide bonds. The van der Waals surface area contributed by atoms with Crippen LogP contribution in [0.3, 0.4) is 0 Å². The minimum atomic E-state index is -0.964. The minimum absolute atomic E-state index is 0.259. The summed E-state index contributed by atoms with van der Waals surface area (Å²) in [6.45, 7) is 5.55. The van der Waals surface area contributed by atoms with E-state index in [0.717, 1.165) is 0 Å². The third-order valence-corrected chi connectivity index (χ3v) is 3.60. The maximum Gasteiger partial charge on any atom is 0.240 e. The number of hydrogen-bond acceptors (Lipinski definition) is 2. The Morgan fingerprint density at radius 3 is 2.41 bits per heavy atom. The summed E-state index contributed by atoms with van der Waals surface area (Å²) in [6, 6.07) is 9.15. The molecule has 1 aromatic rings. The number of anilines is 1. The third kappa shape index (κ3) is 3.52. The number of nitrogens with one attached hydrogen (secondary N) is 2. The predicted octanol–water partition coefficient (Wildman–Crippen LogP) is 3.17. The van der Waals surface area contributed by atoms with Crippen LogP contribution >= 0.6 is 0 Å². The van der Waals surface area contributed by atoms with Crippen molar-refractivity contribution < 1.29 is 9.59 Å². The second kappa shape index (κ2) is 6.89. The fourth-order valence-corrected chi connectivity index (χ4v) is 2.07. The topological polar surface area (TPSA) is 58.2 Å². The zero-order valence-corrected chi connectivity index (χ0v) is 12.6. The van der Waals surface area contributed by atoms with Gasteiger partial charge in [0.05, 0.1) is 0 Å². The van der Waals surface area contributed by atoms with Crippen LogP contribution in [0, 0.1) is 5.41 Å². The molecule has 0 aliphatic heterocycles. The Hall–Kier alpha value is -2.62. The van der Waals surface area contributed by atoms with Gasteiger partial charge < -0.3 is 10.6 Å². The van der Waals surface area contributed by atoms with Crippen LogP contribution in [-0.4, -0.2) is 11.8 Å². The first kappa shape index (κ1) is 15.8. The average molecular weight is 296 g/mol. The molecule has 0 bridgehead atoms. The molecule has 0 saturated heterocycles. The van der Waals surface area contributed by atoms with Crippen LogP contribution in [0.4, 0.5) is 5.69 Å². The van der Waals surface area contributed by atoms with Gasteiger partial charge in [0.15, 0.2) is 0 Å². The lowest BCUT2D eigenvalue weighted by Crippen LogP contribution is -2.39. The SMILES string of the molecule is C=C/C(=C\C=C/C)NC(=O)C1(C(=O)Nc2ccccc2)CC1. The first-order valence-corrected chi connectivity index (χ1v) is 7.26. The molecule has 0 atom stereocenters. The van der Waals surface area contributed by atoms with Crippen LogP contribution in [0.1, 0.15) is 19.8 Å². The number of allylic oxidation sites excluding steroid dienone is 4. The number of amides is 2. The van der Waals surface area contributed by atoms with Crippen molar-refractivity contribution in [3.63, 3.8) is 0 Å². The zero-order valence-electron chi connectivity index (χ0n) is 12.6. The van der Waals surface area contributed by atoms with Crippen LogP contribution in [-0.2, 0) is 9.59 Å². The first-order valence-electron chi connectivity index (χ1n) is 7.26. The van der Waals surface area contributed by atoms with Crippen molar-refractivity contribution >= 4 is 17.5 Å². The van der Waals surface area contributed by atoms with Crippen molar-refractivity contribution in [2.75, 3.05) is 5.32 Å². The van der Waals surface area contributed by atoms with E-state index in [0.29, 0.717) is 24.2 Å². The van der Waals surface area contributed by atoms with E-state index in [4.69, 9.17) is 0 Å². The van der Waals surface area contributed by atoms with E-state index in [1.165, 1.54) is 0 Å². The lowest BCUT2D eigenvalue weighted by molar-refractivity contribution is -0.133. The van der Waals surface area contributed by atoms with E-state index >= 15 is 0 Å². The molecule has 0 heterocycles. The van der Waals surface area contributed by atoms with Gasteiger partial charge in [0.2, 0.25) is 11.8 Å². The largest absolute Gasteiger partial charge is 0.325 e. The van der Waals surface area contributed by atoms with Gasteiger partial charge in [0.1, 0.15) is 5.41 Å². The third-order valence-electron chi connectivity index (χ3n) is 3.60. The molecule has 22 heavy (non-hydrogen) atoms. The number of carbonyl (C=O) groups excluding carboxylic acids is 2. The van der Waals surface area contributed by atoms with E-state index < -0.39 is 5.41 Å². The summed E-state index contributed by atoms with van der Waals surface area (Å²) in [5.41, 5.74) is 0.315. The first-order chi connectivity index (χ1) is 10.6. The molecule has 0 aromatic heterocycles. The molecular formula is C18H20N2O2. The molecule has 0 spiro atoms. The molecule has 4 heteroatoms. The van der Waals surface area contributed by atoms with E-state index in [9.17, 15) is 9.59 Å². The Morgan fingerprint density at radius 2 is 1.86 bits per heavy atom. The lowest BCUT2D eigenvalue weighted by atomic mass is 10.0. The van der Waals surface area contributed by atoms with E-state index in [1.54, 1.807) is 30.4 Å². The van der Waals surface area contributed by atoms with E-state index in [2.05, 4.69) is 17.2 Å². The number of benzene rings is 1. The monoisotopic (exact) mass is 296 g/mol.